The zero-order chi connectivity index (χ0) is 13.9. The summed E-state index contributed by atoms with van der Waals surface area (Å²) < 4.78 is 5.59. The number of hydrogen-bond donors (Lipinski definition) is 1. The second-order valence-electron chi connectivity index (χ2n) is 5.33. The van der Waals surface area contributed by atoms with Gasteiger partial charge in [0.2, 0.25) is 0 Å². The molecule has 2 nitrogen and oxygen atoms in total. The van der Waals surface area contributed by atoms with E-state index >= 15 is 0 Å². The second kappa shape index (κ2) is 5.98. The zero-order valence-electron chi connectivity index (χ0n) is 12.1. The molecule has 1 N–H and O–H groups in total. The van der Waals surface area contributed by atoms with Crippen LogP contribution in [0.5, 0.6) is 5.75 Å². The molecule has 106 valence electrons. The highest BCUT2D eigenvalue weighted by atomic mass is 32.1. The Bertz CT molecular complexity index is 564. The molecule has 3 rings (SSSR count). The lowest BCUT2D eigenvalue weighted by Crippen LogP contribution is -2.23. The van der Waals surface area contributed by atoms with E-state index in [1.165, 1.54) is 16.0 Å². The maximum absolute atomic E-state index is 5.59. The molecule has 0 spiro atoms. The van der Waals surface area contributed by atoms with Gasteiger partial charge in [-0.15, -0.1) is 11.3 Å². The Hall–Kier alpha value is -1.32. The smallest absolute Gasteiger partial charge is 0.122 e. The summed E-state index contributed by atoms with van der Waals surface area (Å²) in [6.45, 7) is 5.31. The van der Waals surface area contributed by atoms with Crippen molar-refractivity contribution in [2.24, 2.45) is 0 Å². The Morgan fingerprint density at radius 3 is 3.00 bits per heavy atom. The van der Waals surface area contributed by atoms with Crippen LogP contribution in [0.4, 0.5) is 0 Å². The minimum atomic E-state index is 0.393. The molecule has 2 unspecified atom stereocenters. The highest BCUT2D eigenvalue weighted by Gasteiger charge is 2.18. The van der Waals surface area contributed by atoms with Gasteiger partial charge in [0.25, 0.3) is 0 Å². The molecule has 0 bridgehead atoms. The van der Waals surface area contributed by atoms with Gasteiger partial charge in [0.1, 0.15) is 5.75 Å². The molecule has 0 fully saturated rings. The average molecular weight is 287 g/mol. The normalized spacial score (nSPS) is 16.5. The van der Waals surface area contributed by atoms with Gasteiger partial charge >= 0.3 is 0 Å². The van der Waals surface area contributed by atoms with Gasteiger partial charge in [-0.05, 0) is 42.0 Å². The molecule has 1 aromatic carbocycles. The third kappa shape index (κ3) is 2.74. The molecule has 2 atom stereocenters. The Morgan fingerprint density at radius 2 is 2.25 bits per heavy atom. The van der Waals surface area contributed by atoms with Crippen LogP contribution in [-0.2, 0) is 6.42 Å². The van der Waals surface area contributed by atoms with Gasteiger partial charge in [-0.1, -0.05) is 25.1 Å². The molecule has 1 aliphatic heterocycles. The molecule has 3 heteroatoms. The minimum absolute atomic E-state index is 0.393. The van der Waals surface area contributed by atoms with Crippen LogP contribution in [0.2, 0.25) is 0 Å². The summed E-state index contributed by atoms with van der Waals surface area (Å²) in [7, 11) is 0. The molecular weight excluding hydrogens is 266 g/mol. The highest BCUT2D eigenvalue weighted by molar-refractivity contribution is 7.10. The van der Waals surface area contributed by atoms with Gasteiger partial charge in [-0.25, -0.2) is 0 Å². The summed E-state index contributed by atoms with van der Waals surface area (Å²) in [6.07, 6.45) is 2.13. The third-order valence-corrected chi connectivity index (χ3v) is 5.00. The number of nitrogens with one attached hydrogen (secondary N) is 1. The van der Waals surface area contributed by atoms with E-state index in [2.05, 4.69) is 54.9 Å². The van der Waals surface area contributed by atoms with Crippen LogP contribution in [0, 0.1) is 0 Å². The summed E-state index contributed by atoms with van der Waals surface area (Å²) in [5.74, 6) is 1.06. The van der Waals surface area contributed by atoms with Crippen LogP contribution in [0.25, 0.3) is 0 Å². The summed E-state index contributed by atoms with van der Waals surface area (Å²) in [4.78, 5) is 1.40. The monoisotopic (exact) mass is 287 g/mol. The predicted molar refractivity (Wildman–Crippen MR) is 84.5 cm³/mol. The van der Waals surface area contributed by atoms with E-state index < -0.39 is 0 Å². The predicted octanol–water partition coefficient (Wildman–Crippen LogP) is 4.48. The fourth-order valence-corrected chi connectivity index (χ4v) is 3.54. The Kier molecular flexibility index (Phi) is 4.08. The molecule has 0 saturated carbocycles. The first-order valence-corrected chi connectivity index (χ1v) is 8.21. The quantitative estimate of drug-likeness (QED) is 0.875. The highest BCUT2D eigenvalue weighted by Crippen LogP contribution is 2.30. The van der Waals surface area contributed by atoms with Crippen LogP contribution < -0.4 is 10.1 Å². The van der Waals surface area contributed by atoms with Gasteiger partial charge in [-0.2, -0.15) is 0 Å². The van der Waals surface area contributed by atoms with Crippen molar-refractivity contribution in [3.05, 3.63) is 51.7 Å². The summed E-state index contributed by atoms with van der Waals surface area (Å²) >= 11 is 1.82. The lowest BCUT2D eigenvalue weighted by Gasteiger charge is -2.22. The number of hydrogen-bond acceptors (Lipinski definition) is 3. The Morgan fingerprint density at radius 1 is 1.35 bits per heavy atom. The SMILES string of the molecule is CCC(NC(C)c1cccs1)c1ccc2c(c1)CCO2. The van der Waals surface area contributed by atoms with Gasteiger partial charge in [0.05, 0.1) is 6.61 Å². The summed E-state index contributed by atoms with van der Waals surface area (Å²) in [5.41, 5.74) is 2.73. The van der Waals surface area contributed by atoms with Crippen molar-refractivity contribution in [1.29, 1.82) is 0 Å². The van der Waals surface area contributed by atoms with Crippen LogP contribution in [-0.4, -0.2) is 6.61 Å². The average Bonchev–Trinajstić information content (AvgIpc) is 3.14. The molecule has 0 aliphatic carbocycles. The van der Waals surface area contributed by atoms with Gasteiger partial charge in [-0.3, -0.25) is 0 Å². The molecule has 2 heterocycles. The van der Waals surface area contributed by atoms with Crippen molar-refractivity contribution in [2.75, 3.05) is 6.61 Å². The van der Waals surface area contributed by atoms with Gasteiger partial charge < -0.3 is 10.1 Å². The maximum Gasteiger partial charge on any atom is 0.122 e. The molecule has 1 aliphatic rings. The van der Waals surface area contributed by atoms with Crippen LogP contribution in [0.15, 0.2) is 35.7 Å². The van der Waals surface area contributed by atoms with Gasteiger partial charge in [0, 0.05) is 23.4 Å². The lowest BCUT2D eigenvalue weighted by atomic mass is 10.00. The summed E-state index contributed by atoms with van der Waals surface area (Å²) in [5, 5.41) is 5.89. The van der Waals surface area contributed by atoms with Crippen LogP contribution in [0.1, 0.15) is 48.4 Å². The fraction of sp³-hybridized carbons (Fsp3) is 0.412. The number of benzene rings is 1. The molecule has 2 aromatic rings. The maximum atomic E-state index is 5.59. The first-order valence-electron chi connectivity index (χ1n) is 7.33. The van der Waals surface area contributed by atoms with E-state index in [-0.39, 0.29) is 0 Å². The third-order valence-electron chi connectivity index (χ3n) is 3.95. The lowest BCUT2D eigenvalue weighted by molar-refractivity contribution is 0.356. The fourth-order valence-electron chi connectivity index (χ4n) is 2.79. The largest absolute Gasteiger partial charge is 0.493 e. The standard InChI is InChI=1S/C17H21NOS/c1-3-15(18-12(2)17-5-4-10-20-17)13-6-7-16-14(11-13)8-9-19-16/h4-7,10-12,15,18H,3,8-9H2,1-2H3. The molecule has 0 amide bonds. The molecule has 0 radical (unpaired) electrons. The topological polar surface area (TPSA) is 21.3 Å². The molecule has 0 saturated heterocycles. The van der Waals surface area contributed by atoms with E-state index in [1.807, 2.05) is 11.3 Å². The Labute approximate surface area is 124 Å². The van der Waals surface area contributed by atoms with E-state index in [9.17, 15) is 0 Å². The van der Waals surface area contributed by atoms with E-state index in [0.717, 1.165) is 25.2 Å². The minimum Gasteiger partial charge on any atom is -0.493 e. The van der Waals surface area contributed by atoms with Crippen molar-refractivity contribution in [2.45, 2.75) is 38.8 Å². The second-order valence-corrected chi connectivity index (χ2v) is 6.31. The van der Waals surface area contributed by atoms with Crippen molar-refractivity contribution in [3.63, 3.8) is 0 Å². The van der Waals surface area contributed by atoms with Crippen molar-refractivity contribution < 1.29 is 4.74 Å². The zero-order valence-corrected chi connectivity index (χ0v) is 12.9. The molecular formula is C17H21NOS. The summed E-state index contributed by atoms with van der Waals surface area (Å²) in [6, 6.07) is 11.7. The molecule has 20 heavy (non-hydrogen) atoms. The van der Waals surface area contributed by atoms with Crippen LogP contribution in [0.3, 0.4) is 0 Å². The van der Waals surface area contributed by atoms with E-state index in [1.54, 1.807) is 0 Å². The van der Waals surface area contributed by atoms with Gasteiger partial charge in [0.15, 0.2) is 0 Å². The van der Waals surface area contributed by atoms with Crippen LogP contribution >= 0.6 is 11.3 Å². The van der Waals surface area contributed by atoms with E-state index in [4.69, 9.17) is 4.74 Å². The first kappa shape index (κ1) is 13.7. The number of fused-ring (bicyclic) bond motifs is 1. The number of rotatable bonds is 5. The van der Waals surface area contributed by atoms with Crippen molar-refractivity contribution in [1.82, 2.24) is 5.32 Å². The van der Waals surface area contributed by atoms with E-state index in [0.29, 0.717) is 12.1 Å². The van der Waals surface area contributed by atoms with Crippen molar-refractivity contribution in [3.8, 4) is 5.75 Å². The number of thiophene rings is 1. The Balaban J connectivity index is 1.76. The molecule has 1 aromatic heterocycles. The number of ether oxygens (including phenoxy) is 1. The van der Waals surface area contributed by atoms with Crippen molar-refractivity contribution >= 4 is 11.3 Å². The first-order chi connectivity index (χ1) is 9.78.